The van der Waals surface area contributed by atoms with Crippen LogP contribution in [0.2, 0.25) is 0 Å². The molecule has 2 aliphatic heterocycles. The lowest BCUT2D eigenvalue weighted by molar-refractivity contribution is 0.0982. The van der Waals surface area contributed by atoms with Gasteiger partial charge in [0.2, 0.25) is 16.0 Å². The molecule has 0 aliphatic carbocycles. The lowest BCUT2D eigenvalue weighted by atomic mass is 10.0. The predicted molar refractivity (Wildman–Crippen MR) is 195 cm³/mol. The first-order valence-corrected chi connectivity index (χ1v) is 18.4. The van der Waals surface area contributed by atoms with Gasteiger partial charge in [-0.2, -0.15) is 9.97 Å². The number of aromatic amines is 1. The molecule has 0 amide bonds. The summed E-state index contributed by atoms with van der Waals surface area (Å²) in [7, 11) is 1.75. The second-order valence-corrected chi connectivity index (χ2v) is 14.9. The summed E-state index contributed by atoms with van der Waals surface area (Å²) >= 11 is 0. The smallest absolute Gasteiger partial charge is 0.232 e. The topological polar surface area (TPSA) is 148 Å². The summed E-state index contributed by atoms with van der Waals surface area (Å²) in [5.41, 5.74) is 5.53. The van der Waals surface area contributed by atoms with E-state index in [1.54, 1.807) is 37.8 Å². The van der Waals surface area contributed by atoms with Gasteiger partial charge in [0.05, 0.1) is 35.6 Å². The average Bonchev–Trinajstić information content (AvgIpc) is 3.57. The van der Waals surface area contributed by atoms with Crippen molar-refractivity contribution in [3.8, 4) is 5.75 Å². The highest BCUT2D eigenvalue weighted by Gasteiger charge is 2.28. The molecule has 0 radical (unpaired) electrons. The number of methoxy groups -OCH3 is 1. The van der Waals surface area contributed by atoms with Crippen LogP contribution in [-0.4, -0.2) is 116 Å². The molecular formula is C34H43N11O3S. The van der Waals surface area contributed by atoms with E-state index in [1.807, 2.05) is 6.07 Å². The minimum Gasteiger partial charge on any atom is -0.494 e. The molecule has 3 aromatic heterocycles. The van der Waals surface area contributed by atoms with E-state index in [9.17, 15) is 8.42 Å². The van der Waals surface area contributed by atoms with Crippen molar-refractivity contribution in [3.63, 3.8) is 0 Å². The summed E-state index contributed by atoms with van der Waals surface area (Å²) in [4.78, 5) is 29.1. The zero-order chi connectivity index (χ0) is 34.3. The minimum atomic E-state index is -3.62. The lowest BCUT2D eigenvalue weighted by Crippen LogP contribution is -2.52. The van der Waals surface area contributed by atoms with Crippen molar-refractivity contribution in [2.75, 3.05) is 86.6 Å². The first-order valence-electron chi connectivity index (χ1n) is 16.5. The third kappa shape index (κ3) is 6.65. The Labute approximate surface area is 286 Å². The number of benzene rings is 2. The normalized spacial score (nSPS) is 16.7. The van der Waals surface area contributed by atoms with E-state index in [-0.39, 0.29) is 0 Å². The Morgan fingerprint density at radius 3 is 2.45 bits per heavy atom. The Morgan fingerprint density at radius 1 is 0.959 bits per heavy atom. The highest BCUT2D eigenvalue weighted by molar-refractivity contribution is 7.92. The van der Waals surface area contributed by atoms with Crippen LogP contribution in [0, 0.1) is 6.92 Å². The molecule has 15 heteroatoms. The molecule has 2 fully saturated rings. The summed E-state index contributed by atoms with van der Waals surface area (Å²) in [6.07, 6.45) is 8.36. The highest BCUT2D eigenvalue weighted by atomic mass is 32.2. The molecule has 0 atom stereocenters. The number of nitrogens with zero attached hydrogens (tertiary/aromatic N) is 8. The van der Waals surface area contributed by atoms with Crippen LogP contribution < -0.4 is 24.6 Å². The number of piperazine rings is 1. The first-order chi connectivity index (χ1) is 23.6. The van der Waals surface area contributed by atoms with Crippen LogP contribution in [0.3, 0.4) is 0 Å². The van der Waals surface area contributed by atoms with Crippen LogP contribution in [0.5, 0.6) is 5.75 Å². The number of sulfonamides is 1. The number of piperidine rings is 1. The van der Waals surface area contributed by atoms with E-state index < -0.39 is 10.0 Å². The predicted octanol–water partition coefficient (Wildman–Crippen LogP) is 4.32. The van der Waals surface area contributed by atoms with Crippen molar-refractivity contribution in [2.45, 2.75) is 25.8 Å². The van der Waals surface area contributed by atoms with E-state index >= 15 is 0 Å². The molecule has 2 aromatic carbocycles. The van der Waals surface area contributed by atoms with Gasteiger partial charge >= 0.3 is 0 Å². The van der Waals surface area contributed by atoms with Gasteiger partial charge in [0.15, 0.2) is 0 Å². The molecule has 3 N–H and O–H groups in total. The molecule has 14 nitrogen and oxygen atoms in total. The summed E-state index contributed by atoms with van der Waals surface area (Å²) in [5.74, 6) is 1.52. The molecule has 5 heterocycles. The maximum Gasteiger partial charge on any atom is 0.232 e. The van der Waals surface area contributed by atoms with Crippen LogP contribution in [-0.2, 0) is 10.0 Å². The first kappa shape index (κ1) is 32.8. The van der Waals surface area contributed by atoms with E-state index in [0.29, 0.717) is 51.6 Å². The van der Waals surface area contributed by atoms with Crippen molar-refractivity contribution in [3.05, 3.63) is 54.5 Å². The maximum absolute atomic E-state index is 12.7. The van der Waals surface area contributed by atoms with Gasteiger partial charge in [0.1, 0.15) is 28.4 Å². The molecule has 7 rings (SSSR count). The zero-order valence-electron chi connectivity index (χ0n) is 28.6. The second-order valence-electron chi connectivity index (χ2n) is 12.9. The largest absolute Gasteiger partial charge is 0.494 e. The fraction of sp³-hybridized carbons (Fsp3) is 0.412. The van der Waals surface area contributed by atoms with Gasteiger partial charge in [0, 0.05) is 82.7 Å². The Morgan fingerprint density at radius 2 is 1.71 bits per heavy atom. The molecule has 0 unspecified atom stereocenters. The standard InChI is InChI=1S/C34H43N11O3S/c1-22-20-27(29(48-4)21-28(22)45-14-9-23(10-15-45)44-18-16-42(2)17-19-44)39-34-40-32-24(8-11-37-32)33(41-34)38-26-7-6-25-30(36-13-12-35-25)31(26)43(3)49(5,46)47/h6-8,11-13,20-21,23H,9-10,14-19H2,1-5H3,(H3,37,38,39,40,41). The molecule has 2 aliphatic rings. The summed E-state index contributed by atoms with van der Waals surface area (Å²) in [5, 5.41) is 7.48. The third-order valence-corrected chi connectivity index (χ3v) is 10.9. The van der Waals surface area contributed by atoms with Crippen molar-refractivity contribution >= 4 is 66.6 Å². The molecule has 2 saturated heterocycles. The van der Waals surface area contributed by atoms with Crippen molar-refractivity contribution in [1.82, 2.24) is 34.7 Å². The van der Waals surface area contributed by atoms with E-state index in [1.165, 1.54) is 17.0 Å². The van der Waals surface area contributed by atoms with E-state index in [4.69, 9.17) is 14.7 Å². The summed E-state index contributed by atoms with van der Waals surface area (Å²) in [6, 6.07) is 10.3. The van der Waals surface area contributed by atoms with Crippen LogP contribution in [0.25, 0.3) is 22.1 Å². The summed E-state index contributed by atoms with van der Waals surface area (Å²) in [6.45, 7) is 8.72. The highest BCUT2D eigenvalue weighted by Crippen LogP contribution is 2.39. The van der Waals surface area contributed by atoms with Crippen molar-refractivity contribution in [2.24, 2.45) is 0 Å². The van der Waals surface area contributed by atoms with Crippen LogP contribution in [0.1, 0.15) is 18.4 Å². The molecule has 0 saturated carbocycles. The van der Waals surface area contributed by atoms with Crippen LogP contribution >= 0.6 is 0 Å². The van der Waals surface area contributed by atoms with Gasteiger partial charge in [0.25, 0.3) is 0 Å². The van der Waals surface area contributed by atoms with Crippen LogP contribution in [0.15, 0.2) is 48.9 Å². The fourth-order valence-corrected chi connectivity index (χ4v) is 7.41. The van der Waals surface area contributed by atoms with Gasteiger partial charge in [-0.1, -0.05) is 0 Å². The maximum atomic E-state index is 12.7. The Bertz CT molecular complexity index is 2090. The van der Waals surface area contributed by atoms with E-state index in [0.717, 1.165) is 75.0 Å². The number of hydrogen-bond acceptors (Lipinski definition) is 12. The summed E-state index contributed by atoms with van der Waals surface area (Å²) < 4.78 is 32.5. The molecular weight excluding hydrogens is 643 g/mol. The number of aromatic nitrogens is 5. The monoisotopic (exact) mass is 685 g/mol. The van der Waals surface area contributed by atoms with Gasteiger partial charge in [-0.25, -0.2) is 8.42 Å². The number of nitrogens with one attached hydrogen (secondary N) is 3. The molecule has 5 aromatic rings. The second kappa shape index (κ2) is 13.3. The quantitative estimate of drug-likeness (QED) is 0.203. The van der Waals surface area contributed by atoms with Gasteiger partial charge in [-0.15, -0.1) is 0 Å². The average molecular weight is 686 g/mol. The number of H-pyrrole nitrogens is 1. The number of anilines is 6. The van der Waals surface area contributed by atoms with Crippen molar-refractivity contribution < 1.29 is 13.2 Å². The molecule has 49 heavy (non-hydrogen) atoms. The third-order valence-electron chi connectivity index (χ3n) is 9.72. The lowest BCUT2D eigenvalue weighted by Gasteiger charge is -2.43. The van der Waals surface area contributed by atoms with Crippen LogP contribution in [0.4, 0.5) is 34.5 Å². The Kier molecular flexibility index (Phi) is 8.90. The van der Waals surface area contributed by atoms with Gasteiger partial charge in [-0.3, -0.25) is 19.2 Å². The van der Waals surface area contributed by atoms with Crippen molar-refractivity contribution in [1.29, 1.82) is 0 Å². The molecule has 258 valence electrons. The number of fused-ring (bicyclic) bond motifs is 2. The molecule has 0 spiro atoms. The zero-order valence-corrected chi connectivity index (χ0v) is 29.4. The number of aryl methyl sites for hydroxylation is 1. The fourth-order valence-electron chi connectivity index (χ4n) is 6.89. The Balaban J connectivity index is 1.16. The Hall–Kier alpha value is -4.73. The number of likely N-dealkylation sites (N-methyl/N-ethyl adjacent to an activating group) is 1. The number of ether oxygens (including phenoxy) is 1. The van der Waals surface area contributed by atoms with Gasteiger partial charge < -0.3 is 30.2 Å². The number of hydrogen-bond donors (Lipinski definition) is 3. The minimum absolute atomic E-state index is 0.342. The van der Waals surface area contributed by atoms with Gasteiger partial charge in [-0.05, 0) is 56.6 Å². The number of rotatable bonds is 9. The SMILES string of the molecule is COc1cc(N2CCC(N3CCN(C)CC3)CC2)c(C)cc1Nc1nc(Nc2ccc3nccnc3c2N(C)S(C)(=O)=O)c2cc[nH]c2n1. The van der Waals surface area contributed by atoms with E-state index in [2.05, 4.69) is 66.4 Å². The molecule has 0 bridgehead atoms.